The first kappa shape index (κ1) is 19.1. The summed E-state index contributed by atoms with van der Waals surface area (Å²) < 4.78 is 1.75. The predicted octanol–water partition coefficient (Wildman–Crippen LogP) is 4.20. The third kappa shape index (κ3) is 3.58. The largest absolute Gasteiger partial charge is 0.366 e. The van der Waals surface area contributed by atoms with Crippen molar-refractivity contribution in [2.24, 2.45) is 5.73 Å². The van der Waals surface area contributed by atoms with Gasteiger partial charge in [-0.2, -0.15) is 5.10 Å². The third-order valence-corrected chi connectivity index (χ3v) is 4.83. The Morgan fingerprint density at radius 3 is 2.13 bits per heavy atom. The van der Waals surface area contributed by atoms with Crippen LogP contribution in [0.15, 0.2) is 84.9 Å². The zero-order valence-electron chi connectivity index (χ0n) is 16.4. The highest BCUT2D eigenvalue weighted by molar-refractivity contribution is 6.12. The molecule has 6 nitrogen and oxygen atoms in total. The predicted molar refractivity (Wildman–Crippen MR) is 117 cm³/mol. The Hall–Kier alpha value is -4.19. The normalized spacial score (nSPS) is 10.6. The van der Waals surface area contributed by atoms with E-state index in [0.29, 0.717) is 22.6 Å². The maximum atomic E-state index is 13.3. The molecular weight excluding hydrogens is 376 g/mol. The zero-order valence-corrected chi connectivity index (χ0v) is 16.4. The van der Waals surface area contributed by atoms with Crippen molar-refractivity contribution >= 4 is 17.5 Å². The number of benzene rings is 3. The van der Waals surface area contributed by atoms with E-state index in [9.17, 15) is 9.59 Å². The Balaban J connectivity index is 1.83. The summed E-state index contributed by atoms with van der Waals surface area (Å²) in [6.07, 6.45) is 0. The van der Waals surface area contributed by atoms with E-state index >= 15 is 0 Å². The lowest BCUT2D eigenvalue weighted by Gasteiger charge is -2.10. The van der Waals surface area contributed by atoms with Crippen LogP contribution in [0.2, 0.25) is 0 Å². The molecule has 6 heteroatoms. The fourth-order valence-electron chi connectivity index (χ4n) is 3.38. The highest BCUT2D eigenvalue weighted by atomic mass is 16.2. The number of anilines is 1. The fraction of sp³-hybridized carbons (Fsp3) is 0.0417. The van der Waals surface area contributed by atoms with Crippen LogP contribution >= 0.6 is 0 Å². The van der Waals surface area contributed by atoms with Crippen LogP contribution in [-0.2, 0) is 0 Å². The monoisotopic (exact) mass is 396 g/mol. The number of aromatic nitrogens is 2. The van der Waals surface area contributed by atoms with Gasteiger partial charge in [-0.3, -0.25) is 9.59 Å². The topological polar surface area (TPSA) is 90.0 Å². The van der Waals surface area contributed by atoms with Crippen LogP contribution in [0.1, 0.15) is 26.4 Å². The summed E-state index contributed by atoms with van der Waals surface area (Å²) in [5.41, 5.74) is 9.42. The highest BCUT2D eigenvalue weighted by Gasteiger charge is 2.24. The van der Waals surface area contributed by atoms with Gasteiger partial charge in [0.2, 0.25) is 0 Å². The number of nitrogens with one attached hydrogen (secondary N) is 1. The Bertz CT molecular complexity index is 1210. The van der Waals surface area contributed by atoms with Crippen molar-refractivity contribution in [2.45, 2.75) is 6.92 Å². The van der Waals surface area contributed by atoms with Crippen LogP contribution in [0.4, 0.5) is 5.69 Å². The molecule has 4 aromatic rings. The van der Waals surface area contributed by atoms with E-state index in [1.54, 1.807) is 28.9 Å². The van der Waals surface area contributed by atoms with E-state index in [1.807, 2.05) is 67.6 Å². The molecule has 0 spiro atoms. The van der Waals surface area contributed by atoms with Gasteiger partial charge >= 0.3 is 0 Å². The molecule has 0 unspecified atom stereocenters. The van der Waals surface area contributed by atoms with Gasteiger partial charge in [0, 0.05) is 5.56 Å². The second kappa shape index (κ2) is 8.05. The molecule has 0 fully saturated rings. The molecule has 0 saturated carbocycles. The number of carbonyl (C=O) groups is 2. The van der Waals surface area contributed by atoms with Crippen molar-refractivity contribution < 1.29 is 9.59 Å². The average molecular weight is 396 g/mol. The highest BCUT2D eigenvalue weighted by Crippen LogP contribution is 2.28. The lowest BCUT2D eigenvalue weighted by atomic mass is 10.0. The minimum absolute atomic E-state index is 0.250. The summed E-state index contributed by atoms with van der Waals surface area (Å²) >= 11 is 0. The van der Waals surface area contributed by atoms with E-state index in [2.05, 4.69) is 5.32 Å². The Kier molecular flexibility index (Phi) is 5.13. The number of primary amides is 1. The standard InChI is InChI=1S/C24H20N4O2/c1-16-21(24(30)26-20-15-9-8-14-19(20)23(25)29)22(17-10-4-2-5-11-17)27-28(16)18-12-6-3-7-13-18/h2-15H,1H3,(H2,25,29)(H,26,30). The van der Waals surface area contributed by atoms with Crippen molar-refractivity contribution in [1.29, 1.82) is 0 Å². The minimum atomic E-state index is -0.606. The molecule has 3 aromatic carbocycles. The van der Waals surface area contributed by atoms with Gasteiger partial charge in [0.25, 0.3) is 11.8 Å². The quantitative estimate of drug-likeness (QED) is 0.530. The van der Waals surface area contributed by atoms with Crippen molar-refractivity contribution in [3.05, 3.63) is 102 Å². The molecular formula is C24H20N4O2. The van der Waals surface area contributed by atoms with Crippen LogP contribution in [0.5, 0.6) is 0 Å². The fourth-order valence-corrected chi connectivity index (χ4v) is 3.38. The molecule has 0 radical (unpaired) electrons. The molecule has 0 aliphatic heterocycles. The SMILES string of the molecule is Cc1c(C(=O)Nc2ccccc2C(N)=O)c(-c2ccccc2)nn1-c1ccccc1. The van der Waals surface area contributed by atoms with Gasteiger partial charge in [-0.05, 0) is 31.2 Å². The van der Waals surface area contributed by atoms with Gasteiger partial charge in [-0.25, -0.2) is 4.68 Å². The van der Waals surface area contributed by atoms with Crippen LogP contribution in [0, 0.1) is 6.92 Å². The number of rotatable bonds is 5. The number of amides is 2. The van der Waals surface area contributed by atoms with Crippen molar-refractivity contribution in [3.63, 3.8) is 0 Å². The Morgan fingerprint density at radius 1 is 0.867 bits per heavy atom. The lowest BCUT2D eigenvalue weighted by Crippen LogP contribution is -2.19. The minimum Gasteiger partial charge on any atom is -0.366 e. The van der Waals surface area contributed by atoms with Gasteiger partial charge in [-0.15, -0.1) is 0 Å². The number of hydrogen-bond acceptors (Lipinski definition) is 3. The van der Waals surface area contributed by atoms with Crippen molar-refractivity contribution in [3.8, 4) is 16.9 Å². The van der Waals surface area contributed by atoms with Crippen LogP contribution < -0.4 is 11.1 Å². The smallest absolute Gasteiger partial charge is 0.259 e. The van der Waals surface area contributed by atoms with E-state index in [-0.39, 0.29) is 11.5 Å². The number of hydrogen-bond donors (Lipinski definition) is 2. The summed E-state index contributed by atoms with van der Waals surface area (Å²) in [6.45, 7) is 1.85. The van der Waals surface area contributed by atoms with Crippen LogP contribution in [0.3, 0.4) is 0 Å². The van der Waals surface area contributed by atoms with Gasteiger partial charge < -0.3 is 11.1 Å². The van der Waals surface area contributed by atoms with Gasteiger partial charge in [0.15, 0.2) is 0 Å². The van der Waals surface area contributed by atoms with E-state index in [4.69, 9.17) is 10.8 Å². The van der Waals surface area contributed by atoms with Crippen molar-refractivity contribution in [1.82, 2.24) is 9.78 Å². The van der Waals surface area contributed by atoms with Crippen LogP contribution in [0.25, 0.3) is 16.9 Å². The Morgan fingerprint density at radius 2 is 1.47 bits per heavy atom. The zero-order chi connectivity index (χ0) is 21.1. The maximum absolute atomic E-state index is 13.3. The molecule has 4 rings (SSSR count). The number of para-hydroxylation sites is 2. The molecule has 0 saturated heterocycles. The molecule has 3 N–H and O–H groups in total. The van der Waals surface area contributed by atoms with Crippen LogP contribution in [-0.4, -0.2) is 21.6 Å². The van der Waals surface area contributed by atoms with E-state index in [1.165, 1.54) is 0 Å². The first-order chi connectivity index (χ1) is 14.6. The first-order valence-electron chi connectivity index (χ1n) is 9.47. The number of nitrogens with two attached hydrogens (primary N) is 1. The summed E-state index contributed by atoms with van der Waals surface area (Å²) in [6, 6.07) is 25.8. The summed E-state index contributed by atoms with van der Waals surface area (Å²) in [5, 5.41) is 7.57. The van der Waals surface area contributed by atoms with E-state index in [0.717, 1.165) is 11.3 Å². The molecule has 148 valence electrons. The molecule has 30 heavy (non-hydrogen) atoms. The van der Waals surface area contributed by atoms with Crippen molar-refractivity contribution in [2.75, 3.05) is 5.32 Å². The van der Waals surface area contributed by atoms with Gasteiger partial charge in [0.1, 0.15) is 5.69 Å². The molecule has 1 aromatic heterocycles. The number of carbonyl (C=O) groups excluding carboxylic acids is 2. The maximum Gasteiger partial charge on any atom is 0.259 e. The van der Waals surface area contributed by atoms with Gasteiger partial charge in [-0.1, -0.05) is 60.7 Å². The summed E-state index contributed by atoms with van der Waals surface area (Å²) in [4.78, 5) is 25.1. The average Bonchev–Trinajstić information content (AvgIpc) is 3.12. The molecule has 0 aliphatic carbocycles. The summed E-state index contributed by atoms with van der Waals surface area (Å²) in [5.74, 6) is -0.965. The molecule has 0 atom stereocenters. The summed E-state index contributed by atoms with van der Waals surface area (Å²) in [7, 11) is 0. The van der Waals surface area contributed by atoms with E-state index < -0.39 is 5.91 Å². The molecule has 0 bridgehead atoms. The lowest BCUT2D eigenvalue weighted by molar-refractivity contribution is 0.100. The molecule has 0 aliphatic rings. The second-order valence-corrected chi connectivity index (χ2v) is 6.79. The second-order valence-electron chi connectivity index (χ2n) is 6.79. The molecule has 1 heterocycles. The Labute approximate surface area is 174 Å². The van der Waals surface area contributed by atoms with Gasteiger partial charge in [0.05, 0.1) is 28.2 Å². The number of nitrogens with zero attached hydrogens (tertiary/aromatic N) is 2. The third-order valence-electron chi connectivity index (χ3n) is 4.83. The molecule has 2 amide bonds. The first-order valence-corrected chi connectivity index (χ1v) is 9.47.